The Kier molecular flexibility index (Phi) is 4.89. The molecule has 1 fully saturated rings. The first-order valence-electron chi connectivity index (χ1n) is 7.18. The van der Waals surface area contributed by atoms with E-state index in [0.717, 1.165) is 6.54 Å². The van der Waals surface area contributed by atoms with Crippen LogP contribution in [0.2, 0.25) is 10.0 Å². The number of aliphatic hydroxyl groups is 1. The quantitative estimate of drug-likeness (QED) is 0.924. The van der Waals surface area contributed by atoms with Crippen molar-refractivity contribution in [2.24, 2.45) is 0 Å². The van der Waals surface area contributed by atoms with Crippen molar-refractivity contribution in [3.05, 3.63) is 64.1 Å². The Morgan fingerprint density at radius 3 is 2.59 bits per heavy atom. The zero-order chi connectivity index (χ0) is 15.5. The molecule has 2 aromatic rings. The number of ether oxygens (including phenoxy) is 1. The molecule has 3 rings (SSSR count). The highest BCUT2D eigenvalue weighted by Crippen LogP contribution is 2.33. The van der Waals surface area contributed by atoms with E-state index in [9.17, 15) is 5.11 Å². The van der Waals surface area contributed by atoms with Crippen molar-refractivity contribution in [1.29, 1.82) is 0 Å². The minimum Gasteiger partial charge on any atom is -0.485 e. The monoisotopic (exact) mass is 337 g/mol. The van der Waals surface area contributed by atoms with Crippen LogP contribution in [-0.4, -0.2) is 35.3 Å². The molecule has 1 saturated heterocycles. The fourth-order valence-corrected chi connectivity index (χ4v) is 2.99. The Balaban J connectivity index is 1.65. The van der Waals surface area contributed by atoms with Crippen molar-refractivity contribution < 1.29 is 9.84 Å². The third-order valence-electron chi connectivity index (χ3n) is 3.76. The number of likely N-dealkylation sites (tertiary alicyclic amines) is 1. The average molecular weight is 338 g/mol. The normalized spacial score (nSPS) is 22.0. The Hall–Kier alpha value is -1.26. The molecule has 1 heterocycles. The predicted molar refractivity (Wildman–Crippen MR) is 88.6 cm³/mol. The van der Waals surface area contributed by atoms with Gasteiger partial charge in [-0.25, -0.2) is 0 Å². The number of halogens is 2. The zero-order valence-electron chi connectivity index (χ0n) is 12.0. The van der Waals surface area contributed by atoms with E-state index < -0.39 is 6.10 Å². The maximum atomic E-state index is 10.2. The summed E-state index contributed by atoms with van der Waals surface area (Å²) in [6, 6.07) is 15.4. The Morgan fingerprint density at radius 2 is 1.82 bits per heavy atom. The van der Waals surface area contributed by atoms with Gasteiger partial charge in [0.15, 0.2) is 0 Å². The lowest BCUT2D eigenvalue weighted by Crippen LogP contribution is -2.30. The van der Waals surface area contributed by atoms with Gasteiger partial charge in [-0.3, -0.25) is 4.90 Å². The van der Waals surface area contributed by atoms with Crippen molar-refractivity contribution in [3.63, 3.8) is 0 Å². The van der Waals surface area contributed by atoms with Crippen LogP contribution in [0.15, 0.2) is 48.5 Å². The second kappa shape index (κ2) is 6.88. The molecule has 116 valence electrons. The van der Waals surface area contributed by atoms with Crippen LogP contribution in [0, 0.1) is 0 Å². The molecular formula is C17H17Cl2NO2. The van der Waals surface area contributed by atoms with Crippen molar-refractivity contribution in [3.8, 4) is 5.75 Å². The van der Waals surface area contributed by atoms with E-state index in [0.29, 0.717) is 28.9 Å². The van der Waals surface area contributed by atoms with Crippen molar-refractivity contribution in [1.82, 2.24) is 4.90 Å². The van der Waals surface area contributed by atoms with E-state index in [1.165, 1.54) is 5.56 Å². The van der Waals surface area contributed by atoms with E-state index in [-0.39, 0.29) is 6.10 Å². The van der Waals surface area contributed by atoms with Gasteiger partial charge in [0, 0.05) is 19.6 Å². The highest BCUT2D eigenvalue weighted by molar-refractivity contribution is 6.42. The number of rotatable bonds is 4. The predicted octanol–water partition coefficient (Wildman–Crippen LogP) is 3.62. The molecule has 0 spiro atoms. The summed E-state index contributed by atoms with van der Waals surface area (Å²) in [6.45, 7) is 2.03. The molecule has 1 aliphatic heterocycles. The number of hydrogen-bond acceptors (Lipinski definition) is 3. The van der Waals surface area contributed by atoms with Crippen LogP contribution in [0.3, 0.4) is 0 Å². The highest BCUT2D eigenvalue weighted by atomic mass is 35.5. The molecule has 0 aliphatic carbocycles. The first kappa shape index (κ1) is 15.6. The van der Waals surface area contributed by atoms with Crippen LogP contribution in [0.4, 0.5) is 0 Å². The van der Waals surface area contributed by atoms with Gasteiger partial charge >= 0.3 is 0 Å². The molecule has 2 aromatic carbocycles. The van der Waals surface area contributed by atoms with Crippen molar-refractivity contribution in [2.75, 3.05) is 13.1 Å². The minimum absolute atomic E-state index is 0.306. The summed E-state index contributed by atoms with van der Waals surface area (Å²) < 4.78 is 5.86. The number of benzene rings is 2. The second-order valence-electron chi connectivity index (χ2n) is 5.46. The molecule has 1 aliphatic rings. The Labute approximate surface area is 140 Å². The highest BCUT2D eigenvalue weighted by Gasteiger charge is 2.33. The SMILES string of the molecule is OC1CN(Cc2ccccc2)CC1Oc1cccc(Cl)c1Cl. The second-order valence-corrected chi connectivity index (χ2v) is 6.24. The standard InChI is InChI=1S/C17H17Cl2NO2/c18-13-7-4-8-15(17(13)19)22-16-11-20(10-14(16)21)9-12-5-2-1-3-6-12/h1-8,14,16,21H,9-11H2. The van der Waals surface area contributed by atoms with Crippen LogP contribution in [-0.2, 0) is 6.54 Å². The lowest BCUT2D eigenvalue weighted by atomic mass is 10.2. The maximum absolute atomic E-state index is 10.2. The molecule has 0 amide bonds. The van der Waals surface area contributed by atoms with Crippen LogP contribution in [0.1, 0.15) is 5.56 Å². The van der Waals surface area contributed by atoms with Gasteiger partial charge in [0.05, 0.1) is 5.02 Å². The maximum Gasteiger partial charge on any atom is 0.140 e. The molecule has 2 atom stereocenters. The van der Waals surface area contributed by atoms with E-state index in [2.05, 4.69) is 17.0 Å². The molecule has 0 saturated carbocycles. The molecule has 1 N–H and O–H groups in total. The summed E-state index contributed by atoms with van der Waals surface area (Å²) in [6.07, 6.45) is -0.849. The van der Waals surface area contributed by atoms with Crippen LogP contribution in [0.5, 0.6) is 5.75 Å². The number of hydrogen-bond donors (Lipinski definition) is 1. The summed E-state index contributed by atoms with van der Waals surface area (Å²) in [7, 11) is 0. The summed E-state index contributed by atoms with van der Waals surface area (Å²) in [5.41, 5.74) is 1.22. The van der Waals surface area contributed by atoms with Gasteiger partial charge in [-0.05, 0) is 17.7 Å². The fraction of sp³-hybridized carbons (Fsp3) is 0.294. The summed E-state index contributed by atoms with van der Waals surface area (Å²) in [5, 5.41) is 11.1. The lowest BCUT2D eigenvalue weighted by Gasteiger charge is -2.18. The first-order chi connectivity index (χ1) is 10.6. The molecule has 22 heavy (non-hydrogen) atoms. The van der Waals surface area contributed by atoms with Crippen LogP contribution < -0.4 is 4.74 Å². The third kappa shape index (κ3) is 3.55. The van der Waals surface area contributed by atoms with Crippen molar-refractivity contribution in [2.45, 2.75) is 18.8 Å². The van der Waals surface area contributed by atoms with E-state index in [4.69, 9.17) is 27.9 Å². The average Bonchev–Trinajstić information content (AvgIpc) is 2.85. The smallest absolute Gasteiger partial charge is 0.140 e. The van der Waals surface area contributed by atoms with E-state index in [1.807, 2.05) is 18.2 Å². The summed E-state index contributed by atoms with van der Waals surface area (Å²) >= 11 is 12.1. The van der Waals surface area contributed by atoms with Gasteiger partial charge in [-0.1, -0.05) is 59.6 Å². The molecule has 0 radical (unpaired) electrons. The van der Waals surface area contributed by atoms with Gasteiger partial charge in [0.1, 0.15) is 23.0 Å². The number of nitrogens with zero attached hydrogens (tertiary/aromatic N) is 1. The zero-order valence-corrected chi connectivity index (χ0v) is 13.5. The van der Waals surface area contributed by atoms with E-state index >= 15 is 0 Å². The molecule has 5 heteroatoms. The van der Waals surface area contributed by atoms with Gasteiger partial charge < -0.3 is 9.84 Å². The van der Waals surface area contributed by atoms with E-state index in [1.54, 1.807) is 18.2 Å². The van der Waals surface area contributed by atoms with Crippen molar-refractivity contribution >= 4 is 23.2 Å². The van der Waals surface area contributed by atoms with Gasteiger partial charge in [0.25, 0.3) is 0 Å². The summed E-state index contributed by atoms with van der Waals surface area (Å²) in [4.78, 5) is 2.17. The number of β-amino-alcohol motifs (C(OH)–C–C–N with tert-alkyl or cyclic N) is 1. The molecular weight excluding hydrogens is 321 g/mol. The minimum atomic E-state index is -0.543. The van der Waals surface area contributed by atoms with Gasteiger partial charge in [-0.2, -0.15) is 0 Å². The molecule has 0 aromatic heterocycles. The molecule has 2 unspecified atom stereocenters. The Bertz CT molecular complexity index is 636. The van der Waals surface area contributed by atoms with Gasteiger partial charge in [0.2, 0.25) is 0 Å². The Morgan fingerprint density at radius 1 is 1.05 bits per heavy atom. The van der Waals surface area contributed by atoms with Crippen LogP contribution in [0.25, 0.3) is 0 Å². The lowest BCUT2D eigenvalue weighted by molar-refractivity contribution is 0.0737. The van der Waals surface area contributed by atoms with Gasteiger partial charge in [-0.15, -0.1) is 0 Å². The molecule has 3 nitrogen and oxygen atoms in total. The number of aliphatic hydroxyl groups excluding tert-OH is 1. The molecule has 0 bridgehead atoms. The fourth-order valence-electron chi connectivity index (χ4n) is 2.66. The third-order valence-corrected chi connectivity index (χ3v) is 4.56. The largest absolute Gasteiger partial charge is 0.485 e. The summed E-state index contributed by atoms with van der Waals surface area (Å²) in [5.74, 6) is 0.514. The van der Waals surface area contributed by atoms with Crippen LogP contribution >= 0.6 is 23.2 Å². The topological polar surface area (TPSA) is 32.7 Å². The first-order valence-corrected chi connectivity index (χ1v) is 7.94.